The zero-order valence-corrected chi connectivity index (χ0v) is 16.6. The molecule has 0 saturated carbocycles. The topological polar surface area (TPSA) is 9.23 Å². The van der Waals surface area contributed by atoms with Crippen LogP contribution in [0, 0.1) is 17.8 Å². The Morgan fingerprint density at radius 1 is 0.808 bits per heavy atom. The molecule has 0 N–H and O–H groups in total. The summed E-state index contributed by atoms with van der Waals surface area (Å²) < 4.78 is 5.78. The lowest BCUT2D eigenvalue weighted by Crippen LogP contribution is -1.99. The number of aryl methyl sites for hydroxylation is 1. The van der Waals surface area contributed by atoms with Crippen LogP contribution in [0.3, 0.4) is 0 Å². The van der Waals surface area contributed by atoms with Crippen LogP contribution in [0.4, 0.5) is 0 Å². The molecule has 0 radical (unpaired) electrons. The Kier molecular flexibility index (Phi) is 8.84. The molecule has 0 aliphatic rings. The van der Waals surface area contributed by atoms with Gasteiger partial charge in [0.05, 0.1) is 6.61 Å². The quantitative estimate of drug-likeness (QED) is 0.365. The van der Waals surface area contributed by atoms with Crippen molar-refractivity contribution in [3.63, 3.8) is 0 Å². The average Bonchev–Trinajstić information content (AvgIpc) is 2.65. The molecule has 1 heteroatoms. The van der Waals surface area contributed by atoms with Crippen LogP contribution in [0.15, 0.2) is 48.5 Å². The number of hydrogen-bond acceptors (Lipinski definition) is 1. The molecule has 0 amide bonds. The van der Waals surface area contributed by atoms with Crippen molar-refractivity contribution < 1.29 is 4.74 Å². The fourth-order valence-corrected chi connectivity index (χ4v) is 2.79. The van der Waals surface area contributed by atoms with Gasteiger partial charge >= 0.3 is 0 Å². The van der Waals surface area contributed by atoms with Gasteiger partial charge in [0.25, 0.3) is 0 Å². The second kappa shape index (κ2) is 11.4. The Labute approximate surface area is 159 Å². The third kappa shape index (κ3) is 7.79. The van der Waals surface area contributed by atoms with E-state index >= 15 is 0 Å². The number of rotatable bonds is 9. The summed E-state index contributed by atoms with van der Waals surface area (Å²) >= 11 is 0. The van der Waals surface area contributed by atoms with E-state index in [-0.39, 0.29) is 0 Å². The van der Waals surface area contributed by atoms with Crippen LogP contribution in [0.5, 0.6) is 5.75 Å². The van der Waals surface area contributed by atoms with Crippen molar-refractivity contribution in [3.05, 3.63) is 65.2 Å². The van der Waals surface area contributed by atoms with Gasteiger partial charge in [-0.25, -0.2) is 0 Å². The molecule has 2 aromatic carbocycles. The highest BCUT2D eigenvalue weighted by molar-refractivity contribution is 5.44. The fourth-order valence-electron chi connectivity index (χ4n) is 2.79. The molecule has 26 heavy (non-hydrogen) atoms. The normalized spacial score (nSPS) is 10.5. The van der Waals surface area contributed by atoms with E-state index in [4.69, 9.17) is 4.74 Å². The van der Waals surface area contributed by atoms with E-state index in [0.717, 1.165) is 35.8 Å². The summed E-state index contributed by atoms with van der Waals surface area (Å²) in [6.07, 6.45) is 7.33. The van der Waals surface area contributed by atoms with Crippen LogP contribution in [0.2, 0.25) is 0 Å². The number of hydrogen-bond donors (Lipinski definition) is 0. The SMILES string of the molecule is CCCCCc1ccc(C#Cc2ccc(OCCCC(C)C)cc2)cc1. The third-order valence-electron chi connectivity index (χ3n) is 4.42. The standard InChI is InChI=1S/C25H32O/c1-4-5-6-9-22-10-12-23(13-11-22)14-15-24-16-18-25(19-17-24)26-20-7-8-21(2)3/h10-13,16-19,21H,4-9,20H2,1-3H3. The minimum atomic E-state index is 0.738. The lowest BCUT2D eigenvalue weighted by atomic mass is 10.1. The van der Waals surface area contributed by atoms with Crippen LogP contribution in [0.1, 0.15) is 69.6 Å². The molecule has 0 heterocycles. The van der Waals surface area contributed by atoms with E-state index in [1.807, 2.05) is 24.3 Å². The highest BCUT2D eigenvalue weighted by Gasteiger charge is 1.97. The lowest BCUT2D eigenvalue weighted by Gasteiger charge is -2.07. The van der Waals surface area contributed by atoms with Gasteiger partial charge in [-0.3, -0.25) is 0 Å². The molecule has 0 aromatic heterocycles. The summed E-state index contributed by atoms with van der Waals surface area (Å²) in [5.41, 5.74) is 3.49. The minimum Gasteiger partial charge on any atom is -0.494 e. The number of benzene rings is 2. The van der Waals surface area contributed by atoms with Crippen LogP contribution >= 0.6 is 0 Å². The van der Waals surface area contributed by atoms with Gasteiger partial charge in [-0.15, -0.1) is 0 Å². The van der Waals surface area contributed by atoms with Gasteiger partial charge in [0.15, 0.2) is 0 Å². The predicted molar refractivity (Wildman–Crippen MR) is 112 cm³/mol. The second-order valence-corrected chi connectivity index (χ2v) is 7.31. The van der Waals surface area contributed by atoms with Crippen LogP contribution in [0.25, 0.3) is 0 Å². The van der Waals surface area contributed by atoms with Gasteiger partial charge in [0.1, 0.15) is 5.75 Å². The van der Waals surface area contributed by atoms with Gasteiger partial charge in [-0.2, -0.15) is 0 Å². The Balaban J connectivity index is 1.83. The van der Waals surface area contributed by atoms with Crippen molar-refractivity contribution in [2.24, 2.45) is 5.92 Å². The smallest absolute Gasteiger partial charge is 0.119 e. The fraction of sp³-hybridized carbons (Fsp3) is 0.440. The Hall–Kier alpha value is -2.20. The average molecular weight is 349 g/mol. The maximum atomic E-state index is 5.78. The first-order chi connectivity index (χ1) is 12.7. The van der Waals surface area contributed by atoms with E-state index in [0.29, 0.717) is 0 Å². The zero-order valence-electron chi connectivity index (χ0n) is 16.6. The Morgan fingerprint density at radius 3 is 2.00 bits per heavy atom. The molecule has 0 spiro atoms. The molecule has 2 rings (SSSR count). The number of ether oxygens (including phenoxy) is 1. The van der Waals surface area contributed by atoms with Crippen molar-refractivity contribution in [3.8, 4) is 17.6 Å². The molecule has 2 aromatic rings. The van der Waals surface area contributed by atoms with Gasteiger partial charge in [0.2, 0.25) is 0 Å². The molecule has 0 aliphatic heterocycles. The van der Waals surface area contributed by atoms with Crippen LogP contribution in [-0.2, 0) is 6.42 Å². The van der Waals surface area contributed by atoms with Gasteiger partial charge in [0, 0.05) is 11.1 Å². The van der Waals surface area contributed by atoms with E-state index in [1.165, 1.54) is 37.7 Å². The van der Waals surface area contributed by atoms with Crippen LogP contribution < -0.4 is 4.74 Å². The predicted octanol–water partition coefficient (Wildman–Crippen LogP) is 6.63. The summed E-state index contributed by atoms with van der Waals surface area (Å²) in [7, 11) is 0. The molecule has 0 atom stereocenters. The molecule has 138 valence electrons. The maximum Gasteiger partial charge on any atom is 0.119 e. The lowest BCUT2D eigenvalue weighted by molar-refractivity contribution is 0.297. The first-order valence-corrected chi connectivity index (χ1v) is 10.0. The molecule has 0 fully saturated rings. The van der Waals surface area contributed by atoms with E-state index < -0.39 is 0 Å². The summed E-state index contributed by atoms with van der Waals surface area (Å²) in [4.78, 5) is 0. The maximum absolute atomic E-state index is 5.78. The molecular weight excluding hydrogens is 316 g/mol. The van der Waals surface area contributed by atoms with Crippen molar-refractivity contribution in [2.75, 3.05) is 6.61 Å². The van der Waals surface area contributed by atoms with E-state index in [1.54, 1.807) is 0 Å². The van der Waals surface area contributed by atoms with E-state index in [2.05, 4.69) is 56.9 Å². The largest absolute Gasteiger partial charge is 0.494 e. The summed E-state index contributed by atoms with van der Waals surface area (Å²) in [6, 6.07) is 16.7. The van der Waals surface area contributed by atoms with Crippen molar-refractivity contribution in [2.45, 2.75) is 59.3 Å². The third-order valence-corrected chi connectivity index (χ3v) is 4.42. The van der Waals surface area contributed by atoms with E-state index in [9.17, 15) is 0 Å². The zero-order chi connectivity index (χ0) is 18.6. The Morgan fingerprint density at radius 2 is 1.42 bits per heavy atom. The molecule has 0 aliphatic carbocycles. The summed E-state index contributed by atoms with van der Waals surface area (Å²) in [5, 5.41) is 0. The minimum absolute atomic E-state index is 0.738. The van der Waals surface area contributed by atoms with Crippen molar-refractivity contribution in [1.29, 1.82) is 0 Å². The Bertz CT molecular complexity index is 684. The summed E-state index contributed by atoms with van der Waals surface area (Å²) in [5.74, 6) is 8.15. The van der Waals surface area contributed by atoms with Gasteiger partial charge < -0.3 is 4.74 Å². The van der Waals surface area contributed by atoms with Gasteiger partial charge in [-0.05, 0) is 73.6 Å². The summed E-state index contributed by atoms with van der Waals surface area (Å²) in [6.45, 7) is 7.51. The first kappa shape index (κ1) is 20.1. The van der Waals surface area contributed by atoms with Crippen LogP contribution in [-0.4, -0.2) is 6.61 Å². The van der Waals surface area contributed by atoms with Crippen molar-refractivity contribution in [1.82, 2.24) is 0 Å². The first-order valence-electron chi connectivity index (χ1n) is 10.0. The second-order valence-electron chi connectivity index (χ2n) is 7.31. The monoisotopic (exact) mass is 348 g/mol. The molecule has 0 unspecified atom stereocenters. The molecular formula is C25H32O. The molecule has 0 saturated heterocycles. The number of unbranched alkanes of at least 4 members (excludes halogenated alkanes) is 2. The van der Waals surface area contributed by atoms with Gasteiger partial charge in [-0.1, -0.05) is 57.6 Å². The molecule has 1 nitrogen and oxygen atoms in total. The highest BCUT2D eigenvalue weighted by atomic mass is 16.5. The van der Waals surface area contributed by atoms with Crippen molar-refractivity contribution >= 4 is 0 Å². The highest BCUT2D eigenvalue weighted by Crippen LogP contribution is 2.13. The molecule has 0 bridgehead atoms.